The lowest BCUT2D eigenvalue weighted by Crippen LogP contribution is -2.17. The van der Waals surface area contributed by atoms with Crippen LogP contribution in [-0.2, 0) is 20.6 Å². The smallest absolute Gasteiger partial charge is 0.317 e. The molecule has 0 radical (unpaired) electrons. The lowest BCUT2D eigenvalue weighted by molar-refractivity contribution is -0.144. The predicted molar refractivity (Wildman–Crippen MR) is 35.0 cm³/mol. The zero-order chi connectivity index (χ0) is 8.15. The van der Waals surface area contributed by atoms with Crippen LogP contribution >= 0.6 is 0 Å². The van der Waals surface area contributed by atoms with E-state index in [0.29, 0.717) is 0 Å². The van der Waals surface area contributed by atoms with E-state index in [9.17, 15) is 13.6 Å². The molecular weight excluding hydrogens is 156 g/mol. The van der Waals surface area contributed by atoms with Gasteiger partial charge in [-0.25, -0.2) is 0 Å². The molecule has 0 amide bonds. The Bertz CT molecular complexity index is 143. The molecule has 0 heterocycles. The van der Waals surface area contributed by atoms with Crippen LogP contribution in [0.2, 0.25) is 0 Å². The lowest BCUT2D eigenvalue weighted by atomic mass is 10.5. The van der Waals surface area contributed by atoms with Gasteiger partial charge in [0.25, 0.3) is 0 Å². The van der Waals surface area contributed by atoms with Crippen LogP contribution in [0.4, 0.5) is 0 Å². The van der Waals surface area contributed by atoms with Crippen molar-refractivity contribution in [2.24, 2.45) is 0 Å². The number of ether oxygens (including phenoxy) is 1. The Morgan fingerprint density at radius 2 is 2.20 bits per heavy atom. The fraction of sp³-hybridized carbons (Fsp3) is 0.800. The van der Waals surface area contributed by atoms with Crippen LogP contribution in [-0.4, -0.2) is 26.6 Å². The van der Waals surface area contributed by atoms with Crippen LogP contribution in [0.5, 0.6) is 0 Å². The summed E-state index contributed by atoms with van der Waals surface area (Å²) in [6.07, 6.45) is -0.254. The molecule has 0 saturated heterocycles. The molecule has 0 aliphatic heterocycles. The number of rotatable bonds is 3. The van der Waals surface area contributed by atoms with Crippen molar-refractivity contribution in [3.05, 3.63) is 0 Å². The van der Waals surface area contributed by atoms with Crippen LogP contribution in [0.15, 0.2) is 0 Å². The molecule has 10 heavy (non-hydrogen) atoms. The maximum Gasteiger partial charge on any atom is 0.317 e. The van der Waals surface area contributed by atoms with Gasteiger partial charge in [0.05, 0.1) is 6.10 Å². The van der Waals surface area contributed by atoms with E-state index in [1.54, 1.807) is 13.8 Å². The first-order valence-corrected chi connectivity index (χ1v) is 4.02. The highest BCUT2D eigenvalue weighted by atomic mass is 32.2. The molecule has 0 aliphatic carbocycles. The first kappa shape index (κ1) is 9.58. The zero-order valence-corrected chi connectivity index (χ0v) is 6.64. The molecule has 60 valence electrons. The molecule has 0 saturated carbocycles. The number of carbonyl (C=O) groups is 1. The normalized spacial score (nSPS) is 13.2. The summed E-state index contributed by atoms with van der Waals surface area (Å²) in [5.41, 5.74) is 0. The van der Waals surface area contributed by atoms with Gasteiger partial charge in [-0.2, -0.15) is 0 Å². The molecule has 1 unspecified atom stereocenters. The van der Waals surface area contributed by atoms with Crippen molar-refractivity contribution in [2.75, 3.05) is 5.75 Å². The lowest BCUT2D eigenvalue weighted by Gasteiger charge is -2.08. The van der Waals surface area contributed by atoms with Crippen LogP contribution in [0.1, 0.15) is 13.8 Å². The van der Waals surface area contributed by atoms with E-state index in [1.165, 1.54) is 0 Å². The molecule has 0 bridgehead atoms. The van der Waals surface area contributed by atoms with Gasteiger partial charge in [-0.3, -0.25) is 9.00 Å². The molecule has 0 N–H and O–H groups in total. The molecule has 0 aromatic heterocycles. The summed E-state index contributed by atoms with van der Waals surface area (Å²) >= 11 is -2.34. The van der Waals surface area contributed by atoms with Crippen LogP contribution in [0, 0.1) is 0 Å². The van der Waals surface area contributed by atoms with E-state index in [-0.39, 0.29) is 6.10 Å². The van der Waals surface area contributed by atoms with Gasteiger partial charge in [0.2, 0.25) is 0 Å². The maximum atomic E-state index is 10.4. The Balaban J connectivity index is 3.54. The topological polar surface area (TPSA) is 66.4 Å². The van der Waals surface area contributed by atoms with E-state index >= 15 is 0 Å². The molecule has 5 heteroatoms. The summed E-state index contributed by atoms with van der Waals surface area (Å²) < 4.78 is 24.3. The molecular formula is C5H9O4S-. The van der Waals surface area contributed by atoms with Crippen molar-refractivity contribution >= 4 is 17.0 Å². The van der Waals surface area contributed by atoms with Crippen molar-refractivity contribution < 1.29 is 18.3 Å². The first-order valence-electron chi connectivity index (χ1n) is 2.77. The number of hydrogen-bond donors (Lipinski definition) is 0. The minimum absolute atomic E-state index is 0.254. The second kappa shape index (κ2) is 4.40. The molecule has 0 spiro atoms. The third-order valence-corrected chi connectivity index (χ3v) is 1.07. The SMILES string of the molecule is CC(C)OC(=O)CS(=O)[O-]. The summed E-state index contributed by atoms with van der Waals surface area (Å²) in [7, 11) is 0. The van der Waals surface area contributed by atoms with Crippen LogP contribution < -0.4 is 0 Å². The summed E-state index contributed by atoms with van der Waals surface area (Å²) in [5.74, 6) is -1.26. The highest BCUT2D eigenvalue weighted by Gasteiger charge is 2.03. The van der Waals surface area contributed by atoms with Gasteiger partial charge in [-0.1, -0.05) is 0 Å². The molecule has 0 rings (SSSR count). The fourth-order valence-corrected chi connectivity index (χ4v) is 0.654. The van der Waals surface area contributed by atoms with Gasteiger partial charge < -0.3 is 9.29 Å². The number of esters is 1. The molecule has 4 nitrogen and oxygen atoms in total. The van der Waals surface area contributed by atoms with Crippen molar-refractivity contribution in [2.45, 2.75) is 20.0 Å². The summed E-state index contributed by atoms with van der Waals surface area (Å²) in [5, 5.41) is 0. The Hall–Kier alpha value is -0.420. The molecule has 0 aromatic carbocycles. The second-order valence-corrected chi connectivity index (χ2v) is 2.88. The zero-order valence-electron chi connectivity index (χ0n) is 5.83. The average Bonchev–Trinajstić information content (AvgIpc) is 1.58. The Morgan fingerprint density at radius 3 is 2.50 bits per heavy atom. The summed E-state index contributed by atoms with van der Waals surface area (Å²) in [4.78, 5) is 10.4. The number of carbonyl (C=O) groups excluding carboxylic acids is 1. The van der Waals surface area contributed by atoms with Crippen molar-refractivity contribution in [3.63, 3.8) is 0 Å². The summed E-state index contributed by atoms with van der Waals surface area (Å²) in [6.45, 7) is 3.32. The van der Waals surface area contributed by atoms with E-state index in [1.807, 2.05) is 0 Å². The Labute approximate surface area is 61.9 Å². The second-order valence-electron chi connectivity index (χ2n) is 1.99. The molecule has 0 aromatic rings. The van der Waals surface area contributed by atoms with E-state index in [4.69, 9.17) is 0 Å². The van der Waals surface area contributed by atoms with Gasteiger partial charge in [0.15, 0.2) is 0 Å². The number of hydrogen-bond acceptors (Lipinski definition) is 4. The minimum Gasteiger partial charge on any atom is -0.772 e. The largest absolute Gasteiger partial charge is 0.772 e. The first-order chi connectivity index (χ1) is 4.52. The Kier molecular flexibility index (Phi) is 4.22. The van der Waals surface area contributed by atoms with Crippen molar-refractivity contribution in [1.82, 2.24) is 0 Å². The quantitative estimate of drug-likeness (QED) is 0.429. The predicted octanol–water partition coefficient (Wildman–Crippen LogP) is -0.183. The van der Waals surface area contributed by atoms with Gasteiger partial charge >= 0.3 is 5.97 Å². The van der Waals surface area contributed by atoms with Gasteiger partial charge in [-0.15, -0.1) is 0 Å². The van der Waals surface area contributed by atoms with Crippen LogP contribution in [0.25, 0.3) is 0 Å². The van der Waals surface area contributed by atoms with E-state index in [0.717, 1.165) is 0 Å². The third kappa shape index (κ3) is 5.71. The van der Waals surface area contributed by atoms with Gasteiger partial charge in [0.1, 0.15) is 5.75 Å². The van der Waals surface area contributed by atoms with Gasteiger partial charge in [0, 0.05) is 0 Å². The Morgan fingerprint density at radius 1 is 1.70 bits per heavy atom. The van der Waals surface area contributed by atoms with Gasteiger partial charge in [-0.05, 0) is 24.9 Å². The van der Waals surface area contributed by atoms with Crippen molar-refractivity contribution in [1.29, 1.82) is 0 Å². The average molecular weight is 165 g/mol. The summed E-state index contributed by atoms with van der Waals surface area (Å²) in [6, 6.07) is 0. The fourth-order valence-electron chi connectivity index (χ4n) is 0.393. The minimum atomic E-state index is -2.34. The highest BCUT2D eigenvalue weighted by molar-refractivity contribution is 7.79. The molecule has 0 aliphatic rings. The standard InChI is InChI=1S/C5H10O4S/c1-4(2)9-5(6)3-10(7)8/h4H,3H2,1-2H3,(H,7,8)/p-1. The van der Waals surface area contributed by atoms with E-state index in [2.05, 4.69) is 4.74 Å². The highest BCUT2D eigenvalue weighted by Crippen LogP contribution is 1.89. The van der Waals surface area contributed by atoms with E-state index < -0.39 is 22.8 Å². The monoisotopic (exact) mass is 165 g/mol. The third-order valence-electron chi connectivity index (χ3n) is 0.603. The molecule has 0 fully saturated rings. The van der Waals surface area contributed by atoms with Crippen LogP contribution in [0.3, 0.4) is 0 Å². The van der Waals surface area contributed by atoms with Crippen molar-refractivity contribution in [3.8, 4) is 0 Å². The molecule has 1 atom stereocenters. The maximum absolute atomic E-state index is 10.4.